The molecule has 1 fully saturated rings. The lowest BCUT2D eigenvalue weighted by atomic mass is 10.1. The molecule has 1 aromatic heterocycles. The summed E-state index contributed by atoms with van der Waals surface area (Å²) in [5.74, 6) is 1.67. The molecule has 6 heteroatoms. The highest BCUT2D eigenvalue weighted by molar-refractivity contribution is 5.92. The topological polar surface area (TPSA) is 54.9 Å². The molecule has 1 amide bonds. The highest BCUT2D eigenvalue weighted by Crippen LogP contribution is 2.31. The van der Waals surface area contributed by atoms with Crippen LogP contribution in [-0.2, 0) is 6.54 Å². The Bertz CT molecular complexity index is 801. The molecular formula is C20H23N3O3. The predicted octanol–water partition coefficient (Wildman–Crippen LogP) is 2.12. The Hall–Kier alpha value is -2.60. The van der Waals surface area contributed by atoms with Crippen molar-refractivity contribution in [2.75, 3.05) is 39.4 Å². The molecule has 0 bridgehead atoms. The van der Waals surface area contributed by atoms with Crippen molar-refractivity contribution in [3.8, 4) is 11.5 Å². The maximum Gasteiger partial charge on any atom is 0.272 e. The second-order valence-corrected chi connectivity index (χ2v) is 6.71. The molecule has 2 aliphatic rings. The molecule has 6 nitrogen and oxygen atoms in total. The fraction of sp³-hybridized carbons (Fsp3) is 0.400. The van der Waals surface area contributed by atoms with E-state index in [0.29, 0.717) is 18.9 Å². The van der Waals surface area contributed by atoms with Crippen LogP contribution in [0.5, 0.6) is 11.5 Å². The Labute approximate surface area is 153 Å². The molecule has 0 saturated carbocycles. The number of rotatable bonds is 3. The number of aromatic nitrogens is 1. The van der Waals surface area contributed by atoms with Crippen LogP contribution >= 0.6 is 0 Å². The molecule has 0 radical (unpaired) electrons. The first-order valence-electron chi connectivity index (χ1n) is 9.03. The van der Waals surface area contributed by atoms with E-state index >= 15 is 0 Å². The number of nitrogens with zero attached hydrogens (tertiary/aromatic N) is 3. The lowest BCUT2D eigenvalue weighted by molar-refractivity contribution is 0.0622. The number of hydrogen-bond acceptors (Lipinski definition) is 5. The zero-order valence-electron chi connectivity index (χ0n) is 15.0. The van der Waals surface area contributed by atoms with E-state index in [9.17, 15) is 4.79 Å². The summed E-state index contributed by atoms with van der Waals surface area (Å²) in [4.78, 5) is 21.2. The van der Waals surface area contributed by atoms with Gasteiger partial charge in [0.1, 0.15) is 18.9 Å². The number of carbonyl (C=O) groups is 1. The second kappa shape index (κ2) is 7.33. The van der Waals surface area contributed by atoms with Gasteiger partial charge < -0.3 is 14.4 Å². The highest BCUT2D eigenvalue weighted by Gasteiger charge is 2.23. The number of ether oxygens (including phenoxy) is 2. The van der Waals surface area contributed by atoms with Crippen LogP contribution in [0, 0.1) is 6.92 Å². The van der Waals surface area contributed by atoms with Crippen molar-refractivity contribution in [3.63, 3.8) is 0 Å². The van der Waals surface area contributed by atoms with Crippen LogP contribution in [0.25, 0.3) is 0 Å². The van der Waals surface area contributed by atoms with Crippen molar-refractivity contribution in [3.05, 3.63) is 53.3 Å². The smallest absolute Gasteiger partial charge is 0.272 e. The molecule has 26 heavy (non-hydrogen) atoms. The van der Waals surface area contributed by atoms with E-state index in [0.717, 1.165) is 49.9 Å². The van der Waals surface area contributed by atoms with Crippen LogP contribution in [0.4, 0.5) is 0 Å². The maximum absolute atomic E-state index is 12.6. The average molecular weight is 353 g/mol. The van der Waals surface area contributed by atoms with Crippen molar-refractivity contribution >= 4 is 5.91 Å². The standard InChI is InChI=1S/C20H23N3O3/c1-15-3-2-4-17(21-15)20(24)23-9-7-22(8-10-23)14-16-5-6-18-19(13-16)26-12-11-25-18/h2-6,13H,7-12,14H2,1H3. The molecule has 2 aromatic rings. The molecule has 1 aromatic carbocycles. The normalized spacial score (nSPS) is 17.2. The van der Waals surface area contributed by atoms with Gasteiger partial charge in [-0.25, -0.2) is 4.98 Å². The SMILES string of the molecule is Cc1cccc(C(=O)N2CCN(Cc3ccc4c(c3)OCCO4)CC2)n1. The minimum Gasteiger partial charge on any atom is -0.486 e. The molecule has 136 valence electrons. The van der Waals surface area contributed by atoms with E-state index < -0.39 is 0 Å². The molecule has 0 N–H and O–H groups in total. The van der Waals surface area contributed by atoms with E-state index in [4.69, 9.17) is 9.47 Å². The van der Waals surface area contributed by atoms with Crippen molar-refractivity contribution in [2.45, 2.75) is 13.5 Å². The number of piperazine rings is 1. The lowest BCUT2D eigenvalue weighted by Gasteiger charge is -2.34. The molecular weight excluding hydrogens is 330 g/mol. The third kappa shape index (κ3) is 3.65. The molecule has 3 heterocycles. The summed E-state index contributed by atoms with van der Waals surface area (Å²) in [5.41, 5.74) is 2.60. The summed E-state index contributed by atoms with van der Waals surface area (Å²) in [6, 6.07) is 11.7. The summed E-state index contributed by atoms with van der Waals surface area (Å²) < 4.78 is 11.2. The van der Waals surface area contributed by atoms with Crippen molar-refractivity contribution < 1.29 is 14.3 Å². The van der Waals surface area contributed by atoms with Crippen LogP contribution in [0.1, 0.15) is 21.7 Å². The quantitative estimate of drug-likeness (QED) is 0.846. The fourth-order valence-corrected chi connectivity index (χ4v) is 3.38. The van der Waals surface area contributed by atoms with Gasteiger partial charge in [0, 0.05) is 38.4 Å². The molecule has 4 rings (SSSR count). The Morgan fingerprint density at radius 2 is 1.81 bits per heavy atom. The van der Waals surface area contributed by atoms with Crippen LogP contribution in [0.2, 0.25) is 0 Å². The van der Waals surface area contributed by atoms with Crippen molar-refractivity contribution in [1.82, 2.24) is 14.8 Å². The first kappa shape index (κ1) is 16.8. The zero-order chi connectivity index (χ0) is 17.9. The minimum absolute atomic E-state index is 0.0210. The van der Waals surface area contributed by atoms with Crippen molar-refractivity contribution in [2.24, 2.45) is 0 Å². The van der Waals surface area contributed by atoms with Crippen molar-refractivity contribution in [1.29, 1.82) is 0 Å². The minimum atomic E-state index is 0.0210. The van der Waals surface area contributed by atoms with Gasteiger partial charge in [-0.15, -0.1) is 0 Å². The van der Waals surface area contributed by atoms with Gasteiger partial charge in [0.25, 0.3) is 5.91 Å². The number of aryl methyl sites for hydroxylation is 1. The molecule has 0 unspecified atom stereocenters. The first-order valence-corrected chi connectivity index (χ1v) is 9.03. The first-order chi connectivity index (χ1) is 12.7. The highest BCUT2D eigenvalue weighted by atomic mass is 16.6. The van der Waals surface area contributed by atoms with Crippen LogP contribution in [0.15, 0.2) is 36.4 Å². The number of amides is 1. The van der Waals surface area contributed by atoms with Gasteiger partial charge in [-0.05, 0) is 36.8 Å². The summed E-state index contributed by atoms with van der Waals surface area (Å²) >= 11 is 0. The van der Waals surface area contributed by atoms with E-state index in [2.05, 4.69) is 22.0 Å². The second-order valence-electron chi connectivity index (χ2n) is 6.71. The molecule has 0 spiro atoms. The number of pyridine rings is 1. The molecule has 1 saturated heterocycles. The number of benzene rings is 1. The van der Waals surface area contributed by atoms with Gasteiger partial charge in [0.05, 0.1) is 0 Å². The largest absolute Gasteiger partial charge is 0.486 e. The van der Waals surface area contributed by atoms with Gasteiger partial charge in [0.15, 0.2) is 11.5 Å². The van der Waals surface area contributed by atoms with Gasteiger partial charge in [-0.3, -0.25) is 9.69 Å². The van der Waals surface area contributed by atoms with Gasteiger partial charge >= 0.3 is 0 Å². The Balaban J connectivity index is 1.34. The summed E-state index contributed by atoms with van der Waals surface area (Å²) in [5, 5.41) is 0. The third-order valence-corrected chi connectivity index (χ3v) is 4.78. The number of hydrogen-bond donors (Lipinski definition) is 0. The number of fused-ring (bicyclic) bond motifs is 1. The molecule has 2 aliphatic heterocycles. The lowest BCUT2D eigenvalue weighted by Crippen LogP contribution is -2.48. The zero-order valence-corrected chi connectivity index (χ0v) is 15.0. The van der Waals surface area contributed by atoms with E-state index in [1.165, 1.54) is 5.56 Å². The Morgan fingerprint density at radius 1 is 1.04 bits per heavy atom. The molecule has 0 aliphatic carbocycles. The van der Waals surface area contributed by atoms with E-state index in [-0.39, 0.29) is 5.91 Å². The summed E-state index contributed by atoms with van der Waals surface area (Å²) in [6.07, 6.45) is 0. The summed E-state index contributed by atoms with van der Waals surface area (Å²) in [6.45, 7) is 7.11. The Morgan fingerprint density at radius 3 is 2.58 bits per heavy atom. The van der Waals surface area contributed by atoms with E-state index in [1.807, 2.05) is 30.0 Å². The maximum atomic E-state index is 12.6. The average Bonchev–Trinajstić information content (AvgIpc) is 2.68. The Kier molecular flexibility index (Phi) is 4.75. The van der Waals surface area contributed by atoms with E-state index in [1.54, 1.807) is 6.07 Å². The van der Waals surface area contributed by atoms with Crippen LogP contribution in [-0.4, -0.2) is 60.1 Å². The van der Waals surface area contributed by atoms with Gasteiger partial charge in [-0.1, -0.05) is 12.1 Å². The monoisotopic (exact) mass is 353 g/mol. The predicted molar refractivity (Wildman–Crippen MR) is 97.6 cm³/mol. The fourth-order valence-electron chi connectivity index (χ4n) is 3.38. The molecule has 0 atom stereocenters. The number of carbonyl (C=O) groups excluding carboxylic acids is 1. The van der Waals surface area contributed by atoms with Crippen LogP contribution in [0.3, 0.4) is 0 Å². The third-order valence-electron chi connectivity index (χ3n) is 4.78. The van der Waals surface area contributed by atoms with Gasteiger partial charge in [-0.2, -0.15) is 0 Å². The van der Waals surface area contributed by atoms with Gasteiger partial charge in [0.2, 0.25) is 0 Å². The van der Waals surface area contributed by atoms with Crippen LogP contribution < -0.4 is 9.47 Å². The summed E-state index contributed by atoms with van der Waals surface area (Å²) in [7, 11) is 0.